The molecule has 0 aliphatic carbocycles. The molecule has 0 spiro atoms. The lowest BCUT2D eigenvalue weighted by Crippen LogP contribution is -3.09. The van der Waals surface area contributed by atoms with E-state index in [1.54, 1.807) is 25.1 Å². The Morgan fingerprint density at radius 1 is 1.33 bits per heavy atom. The van der Waals surface area contributed by atoms with E-state index in [9.17, 15) is 8.42 Å². The van der Waals surface area contributed by atoms with E-state index in [0.717, 1.165) is 25.3 Å². The van der Waals surface area contributed by atoms with Crippen molar-refractivity contribution in [2.24, 2.45) is 0 Å². The summed E-state index contributed by atoms with van der Waals surface area (Å²) in [6.45, 7) is 4.64. The lowest BCUT2D eigenvalue weighted by molar-refractivity contribution is -0.910. The summed E-state index contributed by atoms with van der Waals surface area (Å²) in [5.41, 5.74) is 1.42. The molecule has 1 aromatic carbocycles. The second-order valence-corrected chi connectivity index (χ2v) is 8.07. The summed E-state index contributed by atoms with van der Waals surface area (Å²) in [5, 5.41) is 0. The third-order valence-corrected chi connectivity index (χ3v) is 6.11. The second-order valence-electron chi connectivity index (χ2n) is 5.44. The van der Waals surface area contributed by atoms with Gasteiger partial charge in [0.25, 0.3) is 4.84 Å². The van der Waals surface area contributed by atoms with Crippen LogP contribution < -0.4 is 4.90 Å². The first-order chi connectivity index (χ1) is 10.0. The normalized spacial score (nSPS) is 16.8. The van der Waals surface area contributed by atoms with Crippen LogP contribution in [0, 0.1) is 4.84 Å². The summed E-state index contributed by atoms with van der Waals surface area (Å²) in [6, 6.07) is 4.97. The molecule has 1 aliphatic rings. The number of sulfone groups is 1. The average Bonchev–Trinajstić information content (AvgIpc) is 3.08. The van der Waals surface area contributed by atoms with E-state index in [0.29, 0.717) is 15.3 Å². The third kappa shape index (κ3) is 2.77. The molecule has 3 rings (SSSR count). The minimum absolute atomic E-state index is 0.0917. The number of nitrogens with zero attached hydrogens (tertiary/aromatic N) is 1. The zero-order valence-corrected chi connectivity index (χ0v) is 13.6. The lowest BCUT2D eigenvalue weighted by atomic mass is 10.3. The van der Waals surface area contributed by atoms with Crippen LogP contribution in [0.3, 0.4) is 0 Å². The van der Waals surface area contributed by atoms with Crippen LogP contribution in [0.4, 0.5) is 0 Å². The maximum absolute atomic E-state index is 12.0. The molecule has 1 aromatic heterocycles. The molecule has 1 N–H and O–H groups in total. The van der Waals surface area contributed by atoms with Gasteiger partial charge in [-0.15, -0.1) is 0 Å². The molecule has 114 valence electrons. The van der Waals surface area contributed by atoms with Crippen molar-refractivity contribution < 1.29 is 17.7 Å². The van der Waals surface area contributed by atoms with E-state index in [1.807, 2.05) is 4.57 Å². The summed E-state index contributed by atoms with van der Waals surface area (Å²) in [4.78, 5) is 2.20. The number of aromatic nitrogens is 1. The van der Waals surface area contributed by atoms with Crippen LogP contribution in [0.1, 0.15) is 19.8 Å². The number of oxazole rings is 1. The number of likely N-dealkylation sites (tertiary alicyclic amines) is 1. The van der Waals surface area contributed by atoms with Crippen LogP contribution in [0.2, 0.25) is 0 Å². The predicted molar refractivity (Wildman–Crippen MR) is 82.7 cm³/mol. The Kier molecular flexibility index (Phi) is 3.90. The van der Waals surface area contributed by atoms with E-state index in [-0.39, 0.29) is 5.75 Å². The van der Waals surface area contributed by atoms with Crippen molar-refractivity contribution in [2.75, 3.05) is 18.8 Å². The molecule has 1 saturated heterocycles. The lowest BCUT2D eigenvalue weighted by Gasteiger charge is -2.12. The van der Waals surface area contributed by atoms with Crippen LogP contribution >= 0.6 is 12.2 Å². The minimum Gasteiger partial charge on any atom is -0.429 e. The van der Waals surface area contributed by atoms with E-state index in [4.69, 9.17) is 16.6 Å². The highest BCUT2D eigenvalue weighted by atomic mass is 32.2. The minimum atomic E-state index is -3.22. The van der Waals surface area contributed by atoms with Crippen molar-refractivity contribution in [3.8, 4) is 0 Å². The molecule has 0 atom stereocenters. The summed E-state index contributed by atoms with van der Waals surface area (Å²) < 4.78 is 31.6. The van der Waals surface area contributed by atoms with E-state index < -0.39 is 9.84 Å². The Morgan fingerprint density at radius 2 is 2.05 bits per heavy atom. The molecule has 1 aliphatic heterocycles. The van der Waals surface area contributed by atoms with Crippen LogP contribution in [-0.2, 0) is 16.5 Å². The standard InChI is InChI=1S/C14H18N2O3S2/c1-2-21(17,18)11-5-6-13-12(9-11)16(14(20)19-13)10-15-7-3-4-8-15/h5-6,9H,2-4,7-8,10H2,1H3/p+1. The average molecular weight is 327 g/mol. The molecule has 2 aromatic rings. The molecule has 0 bridgehead atoms. The van der Waals surface area contributed by atoms with Gasteiger partial charge < -0.3 is 9.32 Å². The van der Waals surface area contributed by atoms with Gasteiger partial charge >= 0.3 is 0 Å². The summed E-state index contributed by atoms with van der Waals surface area (Å²) in [7, 11) is -3.22. The quantitative estimate of drug-likeness (QED) is 0.863. The van der Waals surface area contributed by atoms with Gasteiger partial charge in [0, 0.05) is 12.8 Å². The zero-order chi connectivity index (χ0) is 15.0. The smallest absolute Gasteiger partial charge is 0.274 e. The third-order valence-electron chi connectivity index (χ3n) is 4.07. The largest absolute Gasteiger partial charge is 0.429 e. The monoisotopic (exact) mass is 327 g/mol. The van der Waals surface area contributed by atoms with Gasteiger partial charge in [0.05, 0.1) is 29.3 Å². The fraction of sp³-hybridized carbons (Fsp3) is 0.500. The SMILES string of the molecule is CCS(=O)(=O)c1ccc2oc(=S)n(C[NH+]3CCCC3)c2c1. The van der Waals surface area contributed by atoms with Crippen molar-refractivity contribution in [1.29, 1.82) is 0 Å². The van der Waals surface area contributed by atoms with Gasteiger partial charge in [0.1, 0.15) is 0 Å². The van der Waals surface area contributed by atoms with Gasteiger partial charge in [-0.1, -0.05) is 6.92 Å². The highest BCUT2D eigenvalue weighted by molar-refractivity contribution is 7.91. The molecule has 1 fully saturated rings. The number of quaternary nitrogens is 1. The van der Waals surface area contributed by atoms with Crippen molar-refractivity contribution in [3.05, 3.63) is 23.0 Å². The fourth-order valence-electron chi connectivity index (χ4n) is 2.81. The predicted octanol–water partition coefficient (Wildman–Crippen LogP) is 1.39. The molecule has 0 unspecified atom stereocenters. The van der Waals surface area contributed by atoms with Crippen LogP contribution in [0.25, 0.3) is 11.1 Å². The molecule has 0 radical (unpaired) electrons. The number of hydrogen-bond acceptors (Lipinski definition) is 4. The van der Waals surface area contributed by atoms with Crippen molar-refractivity contribution >= 4 is 33.2 Å². The van der Waals surface area contributed by atoms with Gasteiger partial charge in [-0.3, -0.25) is 4.57 Å². The van der Waals surface area contributed by atoms with Gasteiger partial charge in [0.15, 0.2) is 22.1 Å². The van der Waals surface area contributed by atoms with E-state index in [2.05, 4.69) is 0 Å². The maximum atomic E-state index is 12.0. The van der Waals surface area contributed by atoms with Gasteiger partial charge in [0.2, 0.25) is 0 Å². The molecular weight excluding hydrogens is 308 g/mol. The zero-order valence-electron chi connectivity index (χ0n) is 12.0. The summed E-state index contributed by atoms with van der Waals surface area (Å²) >= 11 is 5.29. The number of fused-ring (bicyclic) bond motifs is 1. The summed E-state index contributed by atoms with van der Waals surface area (Å²) in [6.07, 6.45) is 2.46. The fourth-order valence-corrected chi connectivity index (χ4v) is 3.96. The first-order valence-corrected chi connectivity index (χ1v) is 9.27. The van der Waals surface area contributed by atoms with Crippen molar-refractivity contribution in [2.45, 2.75) is 31.3 Å². The second kappa shape index (κ2) is 5.55. The van der Waals surface area contributed by atoms with Gasteiger partial charge in [-0.05, 0) is 30.4 Å². The summed E-state index contributed by atoms with van der Waals surface area (Å²) in [5.74, 6) is 0.0917. The van der Waals surface area contributed by atoms with Crippen molar-refractivity contribution in [1.82, 2.24) is 4.57 Å². The molecule has 0 amide bonds. The Balaban J connectivity index is 2.08. The topological polar surface area (TPSA) is 56.6 Å². The Labute approximate surface area is 129 Å². The maximum Gasteiger partial charge on any atom is 0.274 e. The highest BCUT2D eigenvalue weighted by Crippen LogP contribution is 2.22. The van der Waals surface area contributed by atoms with Gasteiger partial charge in [-0.2, -0.15) is 0 Å². The Bertz CT molecular complexity index is 814. The molecular formula is C14H19N2O3S2+. The molecule has 0 saturated carbocycles. The van der Waals surface area contributed by atoms with Crippen molar-refractivity contribution in [3.63, 3.8) is 0 Å². The molecule has 2 heterocycles. The Hall–Kier alpha value is -1.18. The van der Waals surface area contributed by atoms with E-state index >= 15 is 0 Å². The van der Waals surface area contributed by atoms with Crippen LogP contribution in [0.15, 0.2) is 27.5 Å². The molecule has 7 heteroatoms. The number of rotatable bonds is 4. The number of hydrogen-bond donors (Lipinski definition) is 1. The first kappa shape index (κ1) is 14.7. The van der Waals surface area contributed by atoms with Gasteiger partial charge in [-0.25, -0.2) is 8.42 Å². The van der Waals surface area contributed by atoms with E-state index in [1.165, 1.54) is 17.7 Å². The number of nitrogens with one attached hydrogen (secondary N) is 1. The van der Waals surface area contributed by atoms with Crippen LogP contribution in [-0.4, -0.2) is 31.8 Å². The highest BCUT2D eigenvalue weighted by Gasteiger charge is 2.20. The molecule has 5 nitrogen and oxygen atoms in total. The first-order valence-electron chi connectivity index (χ1n) is 7.21. The van der Waals surface area contributed by atoms with Crippen LogP contribution in [0.5, 0.6) is 0 Å². The molecule has 21 heavy (non-hydrogen) atoms. The number of benzene rings is 1. The Morgan fingerprint density at radius 3 is 2.71 bits per heavy atom.